The summed E-state index contributed by atoms with van der Waals surface area (Å²) in [7, 11) is 1.27. The molecule has 0 N–H and O–H groups in total. The Labute approximate surface area is 94.9 Å². The first-order chi connectivity index (χ1) is 6.63. The van der Waals surface area contributed by atoms with Crippen molar-refractivity contribution in [3.63, 3.8) is 0 Å². The van der Waals surface area contributed by atoms with Gasteiger partial charge in [-0.2, -0.15) is 0 Å². The summed E-state index contributed by atoms with van der Waals surface area (Å²) >= 11 is 2.02. The van der Waals surface area contributed by atoms with Crippen LogP contribution in [0.15, 0.2) is 24.3 Å². The molecule has 0 aromatic heterocycles. The Morgan fingerprint density at radius 2 is 2.29 bits per heavy atom. The van der Waals surface area contributed by atoms with E-state index in [4.69, 9.17) is 0 Å². The van der Waals surface area contributed by atoms with Crippen molar-refractivity contribution in [2.75, 3.05) is 7.11 Å². The molecule has 2 nitrogen and oxygen atoms in total. The molecular weight excluding hydrogens is 298 g/mol. The van der Waals surface area contributed by atoms with Gasteiger partial charge in [0.25, 0.3) is 0 Å². The highest BCUT2D eigenvalue weighted by Crippen LogP contribution is 2.13. The molecule has 1 aromatic rings. The fourth-order valence-corrected chi connectivity index (χ4v) is 1.32. The van der Waals surface area contributed by atoms with Crippen LogP contribution < -0.4 is 0 Å². The molecule has 0 bridgehead atoms. The molecule has 0 saturated carbocycles. The first-order valence-corrected chi connectivity index (χ1v) is 4.92. The third kappa shape index (κ3) is 3.10. The molecule has 0 unspecified atom stereocenters. The van der Waals surface area contributed by atoms with Crippen LogP contribution in [-0.4, -0.2) is 13.1 Å². The van der Waals surface area contributed by atoms with Crippen molar-refractivity contribution >= 4 is 34.6 Å². The summed E-state index contributed by atoms with van der Waals surface area (Å²) in [5, 5.41) is 0. The minimum atomic E-state index is -0.497. The maximum absolute atomic E-state index is 13.2. The second kappa shape index (κ2) is 5.09. The summed E-state index contributed by atoms with van der Waals surface area (Å²) in [5.74, 6) is -0.847. The number of hydrogen-bond acceptors (Lipinski definition) is 2. The molecule has 1 aromatic carbocycles. The monoisotopic (exact) mass is 306 g/mol. The zero-order chi connectivity index (χ0) is 10.6. The van der Waals surface area contributed by atoms with Crippen molar-refractivity contribution in [1.29, 1.82) is 0 Å². The van der Waals surface area contributed by atoms with Gasteiger partial charge in [-0.1, -0.05) is 6.07 Å². The van der Waals surface area contributed by atoms with Crippen molar-refractivity contribution in [2.24, 2.45) is 0 Å². The highest BCUT2D eigenvalue weighted by Gasteiger charge is 1.99. The van der Waals surface area contributed by atoms with E-state index in [1.54, 1.807) is 12.1 Å². The van der Waals surface area contributed by atoms with Gasteiger partial charge >= 0.3 is 5.97 Å². The number of halogens is 2. The fraction of sp³-hybridized carbons (Fsp3) is 0.100. The topological polar surface area (TPSA) is 26.3 Å². The average Bonchev–Trinajstić information content (AvgIpc) is 2.16. The first-order valence-electron chi connectivity index (χ1n) is 3.84. The van der Waals surface area contributed by atoms with Gasteiger partial charge in [0, 0.05) is 15.2 Å². The molecular formula is C10H8FIO2. The number of benzene rings is 1. The summed E-state index contributed by atoms with van der Waals surface area (Å²) < 4.78 is 18.4. The number of carbonyl (C=O) groups excluding carboxylic acids is 1. The molecule has 74 valence electrons. The Bertz CT molecular complexity index is 374. The van der Waals surface area contributed by atoms with Gasteiger partial charge in [-0.15, -0.1) is 0 Å². The molecule has 0 heterocycles. The number of ether oxygens (including phenoxy) is 1. The molecule has 0 atom stereocenters. The predicted molar refractivity (Wildman–Crippen MR) is 60.2 cm³/mol. The van der Waals surface area contributed by atoms with E-state index in [0.717, 1.165) is 3.57 Å². The molecule has 4 heteroatoms. The van der Waals surface area contributed by atoms with Crippen molar-refractivity contribution in [3.8, 4) is 0 Å². The molecule has 0 amide bonds. The SMILES string of the molecule is COC(=O)/C=C/c1ccc(I)cc1F. The first kappa shape index (κ1) is 11.2. The predicted octanol–water partition coefficient (Wildman–Crippen LogP) is 2.62. The van der Waals surface area contributed by atoms with Crippen LogP contribution in [0.25, 0.3) is 6.08 Å². The van der Waals surface area contributed by atoms with Crippen LogP contribution in [0.3, 0.4) is 0 Å². The fourth-order valence-electron chi connectivity index (χ4n) is 0.863. The van der Waals surface area contributed by atoms with E-state index in [9.17, 15) is 9.18 Å². The van der Waals surface area contributed by atoms with Crippen LogP contribution >= 0.6 is 22.6 Å². The Kier molecular flexibility index (Phi) is 4.06. The van der Waals surface area contributed by atoms with E-state index in [2.05, 4.69) is 4.74 Å². The third-order valence-electron chi connectivity index (χ3n) is 1.56. The summed E-state index contributed by atoms with van der Waals surface area (Å²) in [6.07, 6.45) is 2.57. The molecule has 1 rings (SSSR count). The van der Waals surface area contributed by atoms with Crippen molar-refractivity contribution < 1.29 is 13.9 Å². The van der Waals surface area contributed by atoms with E-state index >= 15 is 0 Å². The van der Waals surface area contributed by atoms with Gasteiger partial charge in [-0.05, 0) is 40.8 Å². The van der Waals surface area contributed by atoms with Crippen LogP contribution in [0.2, 0.25) is 0 Å². The van der Waals surface area contributed by atoms with Gasteiger partial charge in [-0.25, -0.2) is 9.18 Å². The zero-order valence-corrected chi connectivity index (χ0v) is 9.62. The Morgan fingerprint density at radius 1 is 1.57 bits per heavy atom. The van der Waals surface area contributed by atoms with Crippen LogP contribution in [0.5, 0.6) is 0 Å². The quantitative estimate of drug-likeness (QED) is 0.477. The zero-order valence-electron chi connectivity index (χ0n) is 7.46. The summed E-state index contributed by atoms with van der Waals surface area (Å²) in [5.41, 5.74) is 0.371. The minimum Gasteiger partial charge on any atom is -0.466 e. The second-order valence-corrected chi connectivity index (χ2v) is 3.77. The van der Waals surface area contributed by atoms with E-state index in [0.29, 0.717) is 5.56 Å². The molecule has 0 saturated heterocycles. The molecule has 0 radical (unpaired) electrons. The van der Waals surface area contributed by atoms with E-state index in [1.807, 2.05) is 22.6 Å². The van der Waals surface area contributed by atoms with Gasteiger partial charge in [0.05, 0.1) is 7.11 Å². The maximum atomic E-state index is 13.2. The molecule has 0 aliphatic carbocycles. The maximum Gasteiger partial charge on any atom is 0.330 e. The minimum absolute atomic E-state index is 0.350. The molecule has 14 heavy (non-hydrogen) atoms. The second-order valence-electron chi connectivity index (χ2n) is 2.52. The average molecular weight is 306 g/mol. The third-order valence-corrected chi connectivity index (χ3v) is 2.23. The van der Waals surface area contributed by atoms with E-state index in [-0.39, 0.29) is 5.82 Å². The molecule has 0 aliphatic rings. The summed E-state index contributed by atoms with van der Waals surface area (Å²) in [6.45, 7) is 0. The standard InChI is InChI=1S/C10H8FIO2/c1-14-10(13)5-3-7-2-4-8(12)6-9(7)11/h2-6H,1H3/b5-3+. The van der Waals surface area contributed by atoms with Gasteiger partial charge < -0.3 is 4.74 Å². The number of rotatable bonds is 2. The number of methoxy groups -OCH3 is 1. The molecule has 0 spiro atoms. The van der Waals surface area contributed by atoms with Gasteiger partial charge in [0.1, 0.15) is 5.82 Å². The smallest absolute Gasteiger partial charge is 0.330 e. The largest absolute Gasteiger partial charge is 0.466 e. The lowest BCUT2D eigenvalue weighted by molar-refractivity contribution is -0.134. The Morgan fingerprint density at radius 3 is 2.86 bits per heavy atom. The van der Waals surface area contributed by atoms with Crippen molar-refractivity contribution in [2.45, 2.75) is 0 Å². The lowest BCUT2D eigenvalue weighted by atomic mass is 10.2. The lowest BCUT2D eigenvalue weighted by Gasteiger charge is -1.96. The van der Waals surface area contributed by atoms with Crippen LogP contribution in [0.4, 0.5) is 4.39 Å². The Hall–Kier alpha value is -0.910. The van der Waals surface area contributed by atoms with Crippen LogP contribution in [-0.2, 0) is 9.53 Å². The van der Waals surface area contributed by atoms with Crippen molar-refractivity contribution in [1.82, 2.24) is 0 Å². The highest BCUT2D eigenvalue weighted by molar-refractivity contribution is 14.1. The van der Waals surface area contributed by atoms with Crippen molar-refractivity contribution in [3.05, 3.63) is 39.2 Å². The normalized spacial score (nSPS) is 10.5. The van der Waals surface area contributed by atoms with Gasteiger partial charge in [-0.3, -0.25) is 0 Å². The number of esters is 1. The van der Waals surface area contributed by atoms with Gasteiger partial charge in [0.15, 0.2) is 0 Å². The van der Waals surface area contributed by atoms with Crippen LogP contribution in [0.1, 0.15) is 5.56 Å². The van der Waals surface area contributed by atoms with E-state index < -0.39 is 5.97 Å². The number of hydrogen-bond donors (Lipinski definition) is 0. The molecule has 0 aliphatic heterocycles. The number of carbonyl (C=O) groups is 1. The lowest BCUT2D eigenvalue weighted by Crippen LogP contribution is -1.93. The van der Waals surface area contributed by atoms with Crippen LogP contribution in [0, 0.1) is 9.39 Å². The van der Waals surface area contributed by atoms with Gasteiger partial charge in [0.2, 0.25) is 0 Å². The summed E-state index contributed by atoms with van der Waals surface area (Å²) in [6, 6.07) is 4.77. The van der Waals surface area contributed by atoms with E-state index in [1.165, 1.54) is 25.3 Å². The summed E-state index contributed by atoms with van der Waals surface area (Å²) in [4.78, 5) is 10.7. The highest BCUT2D eigenvalue weighted by atomic mass is 127. The molecule has 0 fully saturated rings. The Balaban J connectivity index is 2.87.